The van der Waals surface area contributed by atoms with E-state index >= 15 is 0 Å². The minimum Gasteiger partial charge on any atom is -0.466 e. The topological polar surface area (TPSA) is 52.6 Å². The SMILES string of the molecule is CCCCCCCC(=O)OCC.CCOC(=O)CC. The van der Waals surface area contributed by atoms with Gasteiger partial charge in [0.15, 0.2) is 0 Å². The van der Waals surface area contributed by atoms with Gasteiger partial charge in [-0.2, -0.15) is 0 Å². The van der Waals surface area contributed by atoms with Gasteiger partial charge in [-0.1, -0.05) is 39.5 Å². The highest BCUT2D eigenvalue weighted by Gasteiger charge is 1.99. The fourth-order valence-corrected chi connectivity index (χ4v) is 1.37. The van der Waals surface area contributed by atoms with Gasteiger partial charge in [0, 0.05) is 12.8 Å². The molecule has 0 aromatic rings. The summed E-state index contributed by atoms with van der Waals surface area (Å²) >= 11 is 0. The maximum atomic E-state index is 10.9. The van der Waals surface area contributed by atoms with Gasteiger partial charge < -0.3 is 9.47 Å². The van der Waals surface area contributed by atoms with Crippen LogP contribution in [0.4, 0.5) is 0 Å². The highest BCUT2D eigenvalue weighted by atomic mass is 16.5. The van der Waals surface area contributed by atoms with E-state index in [4.69, 9.17) is 4.74 Å². The molecule has 0 amide bonds. The predicted octanol–water partition coefficient (Wildman–Crippen LogP) is 3.87. The molecule has 0 fully saturated rings. The Morgan fingerprint density at radius 1 is 0.737 bits per heavy atom. The van der Waals surface area contributed by atoms with Crippen molar-refractivity contribution in [1.82, 2.24) is 0 Å². The van der Waals surface area contributed by atoms with E-state index in [0.29, 0.717) is 26.1 Å². The number of ether oxygens (including phenoxy) is 2. The largest absolute Gasteiger partial charge is 0.466 e. The molecule has 0 aliphatic rings. The molecule has 114 valence electrons. The molecule has 0 spiro atoms. The Morgan fingerprint density at radius 2 is 1.26 bits per heavy atom. The summed E-state index contributed by atoms with van der Waals surface area (Å²) in [6.07, 6.45) is 7.00. The Kier molecular flexibility index (Phi) is 18.1. The second kappa shape index (κ2) is 16.9. The molecule has 0 radical (unpaired) electrons. The van der Waals surface area contributed by atoms with Crippen molar-refractivity contribution in [3.05, 3.63) is 0 Å². The van der Waals surface area contributed by atoms with E-state index in [9.17, 15) is 9.59 Å². The van der Waals surface area contributed by atoms with Crippen LogP contribution in [-0.4, -0.2) is 25.2 Å². The monoisotopic (exact) mass is 274 g/mol. The Bertz CT molecular complexity index is 214. The van der Waals surface area contributed by atoms with Crippen molar-refractivity contribution in [3.8, 4) is 0 Å². The number of hydrogen-bond acceptors (Lipinski definition) is 4. The lowest BCUT2D eigenvalue weighted by Crippen LogP contribution is -2.02. The van der Waals surface area contributed by atoms with Gasteiger partial charge in [0.25, 0.3) is 0 Å². The maximum Gasteiger partial charge on any atom is 0.305 e. The fourth-order valence-electron chi connectivity index (χ4n) is 1.37. The summed E-state index contributed by atoms with van der Waals surface area (Å²) in [5, 5.41) is 0. The number of carbonyl (C=O) groups is 2. The molecule has 0 atom stereocenters. The lowest BCUT2D eigenvalue weighted by atomic mass is 10.1. The molecule has 0 N–H and O–H groups in total. The molecule has 0 aromatic heterocycles. The zero-order valence-electron chi connectivity index (χ0n) is 13.0. The molecule has 19 heavy (non-hydrogen) atoms. The van der Waals surface area contributed by atoms with Crippen LogP contribution in [0.1, 0.15) is 72.6 Å². The Hall–Kier alpha value is -1.06. The Labute approximate surface area is 117 Å². The van der Waals surface area contributed by atoms with Crippen molar-refractivity contribution >= 4 is 11.9 Å². The molecule has 0 rings (SSSR count). The van der Waals surface area contributed by atoms with Crippen molar-refractivity contribution in [2.75, 3.05) is 13.2 Å². The van der Waals surface area contributed by atoms with Crippen LogP contribution in [0.2, 0.25) is 0 Å². The number of rotatable bonds is 9. The quantitative estimate of drug-likeness (QED) is 0.473. The van der Waals surface area contributed by atoms with Crippen molar-refractivity contribution < 1.29 is 19.1 Å². The number of hydrogen-bond donors (Lipinski definition) is 0. The molecule has 4 heteroatoms. The van der Waals surface area contributed by atoms with Gasteiger partial charge in [-0.25, -0.2) is 0 Å². The minimum absolute atomic E-state index is 0.0472. The second-order valence-electron chi connectivity index (χ2n) is 4.13. The molecule has 0 saturated heterocycles. The zero-order chi connectivity index (χ0) is 14.9. The van der Waals surface area contributed by atoms with Crippen LogP contribution >= 0.6 is 0 Å². The first-order valence-corrected chi connectivity index (χ1v) is 7.43. The molecule has 0 aromatic carbocycles. The first-order valence-electron chi connectivity index (χ1n) is 7.43. The Morgan fingerprint density at radius 3 is 1.68 bits per heavy atom. The Balaban J connectivity index is 0. The van der Waals surface area contributed by atoms with Crippen LogP contribution in [-0.2, 0) is 19.1 Å². The average Bonchev–Trinajstić information content (AvgIpc) is 2.40. The van der Waals surface area contributed by atoms with Gasteiger partial charge in [-0.3, -0.25) is 9.59 Å². The third kappa shape index (κ3) is 19.5. The summed E-state index contributed by atoms with van der Waals surface area (Å²) in [4.78, 5) is 21.0. The van der Waals surface area contributed by atoms with Crippen LogP contribution < -0.4 is 0 Å². The lowest BCUT2D eigenvalue weighted by Gasteiger charge is -2.00. The molecular weight excluding hydrogens is 244 g/mol. The first kappa shape index (κ1) is 20.3. The third-order valence-electron chi connectivity index (χ3n) is 2.38. The first-order chi connectivity index (χ1) is 9.12. The average molecular weight is 274 g/mol. The van der Waals surface area contributed by atoms with E-state index in [-0.39, 0.29) is 11.9 Å². The summed E-state index contributed by atoms with van der Waals surface area (Å²) in [7, 11) is 0. The lowest BCUT2D eigenvalue weighted by molar-refractivity contribution is -0.143. The smallest absolute Gasteiger partial charge is 0.305 e. The number of unbranched alkanes of at least 4 members (excludes halogenated alkanes) is 4. The molecule has 0 aliphatic heterocycles. The van der Waals surface area contributed by atoms with Crippen molar-refractivity contribution in [2.24, 2.45) is 0 Å². The van der Waals surface area contributed by atoms with Crippen molar-refractivity contribution in [3.63, 3.8) is 0 Å². The van der Waals surface area contributed by atoms with Crippen LogP contribution in [0.15, 0.2) is 0 Å². The third-order valence-corrected chi connectivity index (χ3v) is 2.38. The van der Waals surface area contributed by atoms with Crippen molar-refractivity contribution in [1.29, 1.82) is 0 Å². The maximum absolute atomic E-state index is 10.9. The second-order valence-corrected chi connectivity index (χ2v) is 4.13. The van der Waals surface area contributed by atoms with Crippen LogP contribution in [0, 0.1) is 0 Å². The molecule has 4 nitrogen and oxygen atoms in total. The standard InChI is InChI=1S/C10H20O2.C5H10O2/c1-3-5-6-7-8-9-10(11)12-4-2;1-3-5(6)7-4-2/h3-9H2,1-2H3;3-4H2,1-2H3. The van der Waals surface area contributed by atoms with E-state index in [1.165, 1.54) is 19.3 Å². The van der Waals surface area contributed by atoms with Gasteiger partial charge in [0.1, 0.15) is 0 Å². The summed E-state index contributed by atoms with van der Waals surface area (Å²) in [5.41, 5.74) is 0. The zero-order valence-corrected chi connectivity index (χ0v) is 13.0. The molecule has 0 saturated carbocycles. The summed E-state index contributed by atoms with van der Waals surface area (Å²) in [6, 6.07) is 0. The molecular formula is C15H30O4. The van der Waals surface area contributed by atoms with E-state index in [2.05, 4.69) is 11.7 Å². The van der Waals surface area contributed by atoms with Gasteiger partial charge in [0.2, 0.25) is 0 Å². The highest BCUT2D eigenvalue weighted by Crippen LogP contribution is 2.05. The highest BCUT2D eigenvalue weighted by molar-refractivity contribution is 5.69. The summed E-state index contributed by atoms with van der Waals surface area (Å²) in [5.74, 6) is -0.170. The van der Waals surface area contributed by atoms with Crippen molar-refractivity contribution in [2.45, 2.75) is 72.6 Å². The predicted molar refractivity (Wildman–Crippen MR) is 76.9 cm³/mol. The molecule has 0 unspecified atom stereocenters. The number of esters is 2. The van der Waals surface area contributed by atoms with E-state index in [1.54, 1.807) is 13.8 Å². The van der Waals surface area contributed by atoms with Gasteiger partial charge in [-0.15, -0.1) is 0 Å². The van der Waals surface area contributed by atoms with E-state index in [0.717, 1.165) is 12.8 Å². The molecule has 0 bridgehead atoms. The molecule has 0 heterocycles. The van der Waals surface area contributed by atoms with E-state index < -0.39 is 0 Å². The summed E-state index contributed by atoms with van der Waals surface area (Å²) < 4.78 is 9.36. The van der Waals surface area contributed by atoms with Crippen LogP contribution in [0.5, 0.6) is 0 Å². The normalized spacial score (nSPS) is 9.26. The fraction of sp³-hybridized carbons (Fsp3) is 0.867. The molecule has 0 aliphatic carbocycles. The minimum atomic E-state index is -0.123. The van der Waals surface area contributed by atoms with E-state index in [1.807, 2.05) is 6.92 Å². The van der Waals surface area contributed by atoms with Gasteiger partial charge in [-0.05, 0) is 20.3 Å². The number of carbonyl (C=O) groups excluding carboxylic acids is 2. The summed E-state index contributed by atoms with van der Waals surface area (Å²) in [6.45, 7) is 8.60. The van der Waals surface area contributed by atoms with Gasteiger partial charge >= 0.3 is 11.9 Å². The van der Waals surface area contributed by atoms with Crippen LogP contribution in [0.25, 0.3) is 0 Å². The van der Waals surface area contributed by atoms with Crippen LogP contribution in [0.3, 0.4) is 0 Å². The van der Waals surface area contributed by atoms with Gasteiger partial charge in [0.05, 0.1) is 13.2 Å².